The van der Waals surface area contributed by atoms with Crippen LogP contribution in [0.4, 0.5) is 15.8 Å². The maximum absolute atomic E-state index is 14.0. The molecule has 6 heteroatoms. The van der Waals surface area contributed by atoms with E-state index in [9.17, 15) is 9.18 Å². The van der Waals surface area contributed by atoms with Crippen LogP contribution in [0.25, 0.3) is 0 Å². The fraction of sp³-hybridized carbons (Fsp3) is 0.267. The van der Waals surface area contributed by atoms with Crippen molar-refractivity contribution in [1.29, 1.82) is 0 Å². The Morgan fingerprint density at radius 1 is 1.52 bits per heavy atom. The normalized spacial score (nSPS) is 12.1. The van der Waals surface area contributed by atoms with Crippen molar-refractivity contribution in [2.75, 3.05) is 11.1 Å². The van der Waals surface area contributed by atoms with Crippen LogP contribution in [0.5, 0.6) is 0 Å². The monoisotopic (exact) mass is 308 g/mol. The molecule has 0 aliphatic carbocycles. The number of nitrogen functional groups attached to an aromatic ring is 1. The largest absolute Gasteiger partial charge is 0.478 e. The standard InChI is InChI=1S/C15H17FN2O2S/c1-2-4-12(14-5-3-6-21-14)18-13-7-9(15(19)20)11(17)8-10(13)16/h3,5-8,12,18H,2,4,17H2,1H3,(H,19,20). The first-order valence-electron chi connectivity index (χ1n) is 6.65. The molecule has 0 fully saturated rings. The summed E-state index contributed by atoms with van der Waals surface area (Å²) in [6, 6.07) is 6.17. The number of rotatable bonds is 6. The molecular weight excluding hydrogens is 291 g/mol. The molecule has 1 aromatic heterocycles. The van der Waals surface area contributed by atoms with Crippen molar-refractivity contribution >= 4 is 28.7 Å². The zero-order chi connectivity index (χ0) is 15.4. The van der Waals surface area contributed by atoms with Gasteiger partial charge in [0.25, 0.3) is 0 Å². The summed E-state index contributed by atoms with van der Waals surface area (Å²) in [4.78, 5) is 12.2. The van der Waals surface area contributed by atoms with Crippen molar-refractivity contribution in [3.05, 3.63) is 45.9 Å². The third-order valence-corrected chi connectivity index (χ3v) is 4.15. The summed E-state index contributed by atoms with van der Waals surface area (Å²) >= 11 is 1.58. The first-order chi connectivity index (χ1) is 10.0. The van der Waals surface area contributed by atoms with Gasteiger partial charge in [-0.15, -0.1) is 11.3 Å². The number of carbonyl (C=O) groups is 1. The molecule has 4 N–H and O–H groups in total. The van der Waals surface area contributed by atoms with Crippen molar-refractivity contribution in [3.8, 4) is 0 Å². The van der Waals surface area contributed by atoms with Crippen LogP contribution in [0.1, 0.15) is 41.0 Å². The van der Waals surface area contributed by atoms with Crippen LogP contribution in [0.3, 0.4) is 0 Å². The molecule has 4 nitrogen and oxygen atoms in total. The molecule has 0 spiro atoms. The van der Waals surface area contributed by atoms with Gasteiger partial charge in [-0.3, -0.25) is 0 Å². The molecule has 2 aromatic rings. The number of thiophene rings is 1. The summed E-state index contributed by atoms with van der Waals surface area (Å²) in [5, 5.41) is 14.1. The predicted molar refractivity (Wildman–Crippen MR) is 83.4 cm³/mol. The quantitative estimate of drug-likeness (QED) is 0.702. The van der Waals surface area contributed by atoms with Gasteiger partial charge < -0.3 is 16.2 Å². The highest BCUT2D eigenvalue weighted by molar-refractivity contribution is 7.10. The van der Waals surface area contributed by atoms with Gasteiger partial charge >= 0.3 is 5.97 Å². The topological polar surface area (TPSA) is 75.3 Å². The third kappa shape index (κ3) is 3.52. The lowest BCUT2D eigenvalue weighted by molar-refractivity contribution is 0.0698. The molecular formula is C15H17FN2O2S. The summed E-state index contributed by atoms with van der Waals surface area (Å²) in [7, 11) is 0. The van der Waals surface area contributed by atoms with Crippen molar-refractivity contribution < 1.29 is 14.3 Å². The number of nitrogens with one attached hydrogen (secondary N) is 1. The predicted octanol–water partition coefficient (Wildman–Crippen LogP) is 4.12. The van der Waals surface area contributed by atoms with Gasteiger partial charge in [-0.05, 0) is 30.0 Å². The Kier molecular flexibility index (Phi) is 4.80. The highest BCUT2D eigenvalue weighted by Crippen LogP contribution is 2.30. The van der Waals surface area contributed by atoms with Crippen LogP contribution in [0, 0.1) is 5.82 Å². The Bertz CT molecular complexity index is 629. The van der Waals surface area contributed by atoms with Gasteiger partial charge in [-0.2, -0.15) is 0 Å². The van der Waals surface area contributed by atoms with Crippen LogP contribution in [-0.2, 0) is 0 Å². The summed E-state index contributed by atoms with van der Waals surface area (Å²) < 4.78 is 14.0. The zero-order valence-corrected chi connectivity index (χ0v) is 12.4. The minimum absolute atomic E-state index is 0.0465. The number of carboxylic acid groups (broad SMARTS) is 1. The van der Waals surface area contributed by atoms with E-state index in [1.165, 1.54) is 6.07 Å². The lowest BCUT2D eigenvalue weighted by Crippen LogP contribution is -2.12. The van der Waals surface area contributed by atoms with E-state index in [4.69, 9.17) is 10.8 Å². The van der Waals surface area contributed by atoms with E-state index in [-0.39, 0.29) is 23.0 Å². The van der Waals surface area contributed by atoms with E-state index in [1.54, 1.807) is 11.3 Å². The average Bonchev–Trinajstić information content (AvgIpc) is 2.94. The minimum atomic E-state index is -1.17. The van der Waals surface area contributed by atoms with E-state index in [0.717, 1.165) is 23.8 Å². The number of nitrogens with two attached hydrogens (primary N) is 1. The highest BCUT2D eigenvalue weighted by atomic mass is 32.1. The summed E-state index contributed by atoms with van der Waals surface area (Å²) in [6.07, 6.45) is 1.75. The van der Waals surface area contributed by atoms with Gasteiger partial charge in [-0.25, -0.2) is 9.18 Å². The number of benzene rings is 1. The molecule has 1 atom stereocenters. The first-order valence-corrected chi connectivity index (χ1v) is 7.53. The number of hydrogen-bond acceptors (Lipinski definition) is 4. The van der Waals surface area contributed by atoms with Gasteiger partial charge in [0.1, 0.15) is 5.82 Å². The van der Waals surface area contributed by atoms with E-state index in [1.807, 2.05) is 24.4 Å². The molecule has 0 amide bonds. The Hall–Kier alpha value is -2.08. The fourth-order valence-corrected chi connectivity index (χ4v) is 2.95. The van der Waals surface area contributed by atoms with Gasteiger partial charge in [0, 0.05) is 10.6 Å². The maximum Gasteiger partial charge on any atom is 0.337 e. The molecule has 112 valence electrons. The van der Waals surface area contributed by atoms with Crippen LogP contribution in [0.2, 0.25) is 0 Å². The lowest BCUT2D eigenvalue weighted by atomic mass is 10.1. The molecule has 0 saturated heterocycles. The van der Waals surface area contributed by atoms with Crippen LogP contribution in [0.15, 0.2) is 29.6 Å². The van der Waals surface area contributed by atoms with Crippen LogP contribution < -0.4 is 11.1 Å². The number of aromatic carboxylic acids is 1. The molecule has 1 heterocycles. The first kappa shape index (κ1) is 15.3. The number of halogens is 1. The van der Waals surface area contributed by atoms with Gasteiger partial charge in [0.05, 0.1) is 17.3 Å². The lowest BCUT2D eigenvalue weighted by Gasteiger charge is -2.19. The van der Waals surface area contributed by atoms with Crippen LogP contribution in [-0.4, -0.2) is 11.1 Å². The molecule has 0 bridgehead atoms. The molecule has 0 radical (unpaired) electrons. The van der Waals surface area contributed by atoms with Crippen molar-refractivity contribution in [2.24, 2.45) is 0 Å². The van der Waals surface area contributed by atoms with E-state index in [2.05, 4.69) is 5.32 Å². The van der Waals surface area contributed by atoms with Gasteiger partial charge in [-0.1, -0.05) is 19.4 Å². The summed E-state index contributed by atoms with van der Waals surface area (Å²) in [5.74, 6) is -1.71. The summed E-state index contributed by atoms with van der Waals surface area (Å²) in [5.41, 5.74) is 5.52. The maximum atomic E-state index is 14.0. The molecule has 1 unspecified atom stereocenters. The van der Waals surface area contributed by atoms with Crippen molar-refractivity contribution in [3.63, 3.8) is 0 Å². The number of carboxylic acids is 1. The molecule has 2 rings (SSSR count). The summed E-state index contributed by atoms with van der Waals surface area (Å²) in [6.45, 7) is 2.05. The Balaban J connectivity index is 2.32. The SMILES string of the molecule is CCCC(Nc1cc(C(=O)O)c(N)cc1F)c1cccs1. The average molecular weight is 308 g/mol. The van der Waals surface area contributed by atoms with Gasteiger partial charge in [0.15, 0.2) is 0 Å². The van der Waals surface area contributed by atoms with E-state index >= 15 is 0 Å². The van der Waals surface area contributed by atoms with E-state index < -0.39 is 11.8 Å². The minimum Gasteiger partial charge on any atom is -0.478 e. The fourth-order valence-electron chi connectivity index (χ4n) is 2.14. The zero-order valence-electron chi connectivity index (χ0n) is 11.6. The van der Waals surface area contributed by atoms with Crippen LogP contribution >= 0.6 is 11.3 Å². The highest BCUT2D eigenvalue weighted by Gasteiger charge is 2.17. The Labute approximate surface area is 126 Å². The van der Waals surface area contributed by atoms with E-state index in [0.29, 0.717) is 0 Å². The molecule has 0 aliphatic heterocycles. The second-order valence-corrected chi connectivity index (χ2v) is 5.70. The second-order valence-electron chi connectivity index (χ2n) is 4.73. The smallest absolute Gasteiger partial charge is 0.337 e. The molecule has 0 saturated carbocycles. The second kappa shape index (κ2) is 6.58. The van der Waals surface area contributed by atoms with Crippen molar-refractivity contribution in [2.45, 2.75) is 25.8 Å². The third-order valence-electron chi connectivity index (χ3n) is 3.16. The van der Waals surface area contributed by atoms with Gasteiger partial charge in [0.2, 0.25) is 0 Å². The molecule has 1 aromatic carbocycles. The molecule has 21 heavy (non-hydrogen) atoms. The number of hydrogen-bond donors (Lipinski definition) is 3. The number of anilines is 2. The van der Waals surface area contributed by atoms with Crippen molar-refractivity contribution in [1.82, 2.24) is 0 Å². The Morgan fingerprint density at radius 2 is 2.29 bits per heavy atom. The Morgan fingerprint density at radius 3 is 2.86 bits per heavy atom. The molecule has 0 aliphatic rings.